The standard InChI is InChI=1S/C19H19Cl2N5OS/c1-3-25(4-2)14-7-5-12(17(27)10-14)11-22-26-18(23-24-19(26)28)15-8-6-13(20)9-16(15)21/h5-11,27H,3-4H2,1-2H3,(H,24,28). The van der Waals surface area contributed by atoms with E-state index in [0.717, 1.165) is 18.8 Å². The number of nitrogens with zero attached hydrogens (tertiary/aromatic N) is 4. The van der Waals surface area contributed by atoms with Gasteiger partial charge in [-0.3, -0.25) is 0 Å². The molecule has 6 nitrogen and oxygen atoms in total. The highest BCUT2D eigenvalue weighted by atomic mass is 35.5. The Morgan fingerprint density at radius 1 is 1.21 bits per heavy atom. The molecule has 9 heteroatoms. The molecule has 0 fully saturated rings. The fourth-order valence-corrected chi connectivity index (χ4v) is 3.46. The molecule has 0 saturated heterocycles. The first-order chi connectivity index (χ1) is 13.4. The Kier molecular flexibility index (Phi) is 6.39. The molecule has 0 spiro atoms. The van der Waals surface area contributed by atoms with Crippen LogP contribution in [-0.2, 0) is 0 Å². The Hall–Kier alpha value is -2.35. The van der Waals surface area contributed by atoms with Gasteiger partial charge in [0.15, 0.2) is 5.82 Å². The van der Waals surface area contributed by atoms with Crippen LogP contribution >= 0.6 is 35.4 Å². The van der Waals surface area contributed by atoms with Crippen molar-refractivity contribution in [1.82, 2.24) is 14.9 Å². The van der Waals surface area contributed by atoms with Gasteiger partial charge in [-0.2, -0.15) is 14.9 Å². The fourth-order valence-electron chi connectivity index (χ4n) is 2.79. The lowest BCUT2D eigenvalue weighted by atomic mass is 10.2. The Morgan fingerprint density at radius 3 is 2.61 bits per heavy atom. The van der Waals surface area contributed by atoms with Crippen LogP contribution in [0.4, 0.5) is 5.69 Å². The summed E-state index contributed by atoms with van der Waals surface area (Å²) >= 11 is 17.5. The smallest absolute Gasteiger partial charge is 0.216 e. The summed E-state index contributed by atoms with van der Waals surface area (Å²) < 4.78 is 1.75. The molecule has 3 aromatic rings. The van der Waals surface area contributed by atoms with Crippen molar-refractivity contribution < 1.29 is 5.11 Å². The van der Waals surface area contributed by atoms with Gasteiger partial charge in [-0.1, -0.05) is 23.2 Å². The Balaban J connectivity index is 1.96. The molecule has 0 amide bonds. The third-order valence-corrected chi connectivity index (χ3v) is 5.09. The van der Waals surface area contributed by atoms with Gasteiger partial charge in [-0.25, -0.2) is 5.10 Å². The number of phenolic OH excluding ortho intramolecular Hbond substituents is 1. The molecule has 0 unspecified atom stereocenters. The van der Waals surface area contributed by atoms with E-state index < -0.39 is 0 Å². The summed E-state index contributed by atoms with van der Waals surface area (Å²) in [5.41, 5.74) is 2.15. The quantitative estimate of drug-likeness (QED) is 0.404. The van der Waals surface area contributed by atoms with Gasteiger partial charge in [0.05, 0.1) is 11.2 Å². The number of rotatable bonds is 6. The van der Waals surface area contributed by atoms with Crippen LogP contribution < -0.4 is 4.90 Å². The maximum absolute atomic E-state index is 10.4. The van der Waals surface area contributed by atoms with Crippen molar-refractivity contribution in [1.29, 1.82) is 0 Å². The predicted octanol–water partition coefficient (Wildman–Crippen LogP) is 5.35. The minimum Gasteiger partial charge on any atom is -0.507 e. The number of benzene rings is 2. The number of hydrogen-bond donors (Lipinski definition) is 2. The van der Waals surface area contributed by atoms with E-state index in [1.807, 2.05) is 12.1 Å². The maximum Gasteiger partial charge on any atom is 0.216 e. The monoisotopic (exact) mass is 435 g/mol. The predicted molar refractivity (Wildman–Crippen MR) is 118 cm³/mol. The number of aromatic nitrogens is 3. The molecular formula is C19H19Cl2N5OS. The van der Waals surface area contributed by atoms with Crippen molar-refractivity contribution in [3.05, 3.63) is 56.8 Å². The van der Waals surface area contributed by atoms with Crippen LogP contribution in [0.3, 0.4) is 0 Å². The molecule has 28 heavy (non-hydrogen) atoms. The first-order valence-corrected chi connectivity index (χ1v) is 9.86. The molecule has 1 aromatic heterocycles. The second kappa shape index (κ2) is 8.77. The Labute approximate surface area is 178 Å². The van der Waals surface area contributed by atoms with Gasteiger partial charge < -0.3 is 10.0 Å². The minimum atomic E-state index is 0.134. The summed E-state index contributed by atoms with van der Waals surface area (Å²) in [7, 11) is 0. The first-order valence-electron chi connectivity index (χ1n) is 8.69. The van der Waals surface area contributed by atoms with Crippen molar-refractivity contribution in [2.24, 2.45) is 5.10 Å². The van der Waals surface area contributed by atoms with Crippen molar-refractivity contribution >= 4 is 47.3 Å². The molecular weight excluding hydrogens is 417 g/mol. The Bertz CT molecular complexity index is 1070. The van der Waals surface area contributed by atoms with E-state index >= 15 is 0 Å². The van der Waals surface area contributed by atoms with Gasteiger partial charge in [0.1, 0.15) is 5.75 Å². The molecule has 0 atom stereocenters. The normalized spacial score (nSPS) is 11.3. The zero-order chi connectivity index (χ0) is 20.3. The lowest BCUT2D eigenvalue weighted by Crippen LogP contribution is -2.21. The van der Waals surface area contributed by atoms with E-state index in [1.165, 1.54) is 10.9 Å². The molecule has 146 valence electrons. The van der Waals surface area contributed by atoms with Crippen molar-refractivity contribution in [3.8, 4) is 17.1 Å². The zero-order valence-corrected chi connectivity index (χ0v) is 17.7. The first kappa shape index (κ1) is 20.4. The van der Waals surface area contributed by atoms with E-state index in [-0.39, 0.29) is 5.75 Å². The van der Waals surface area contributed by atoms with E-state index in [4.69, 9.17) is 35.4 Å². The van der Waals surface area contributed by atoms with Crippen LogP contribution in [0.1, 0.15) is 19.4 Å². The Morgan fingerprint density at radius 2 is 1.96 bits per heavy atom. The molecule has 0 bridgehead atoms. The fraction of sp³-hybridized carbons (Fsp3) is 0.211. The van der Waals surface area contributed by atoms with Crippen LogP contribution in [0, 0.1) is 4.77 Å². The zero-order valence-electron chi connectivity index (χ0n) is 15.4. The molecule has 2 N–H and O–H groups in total. The second-order valence-corrected chi connectivity index (χ2v) is 7.18. The summed E-state index contributed by atoms with van der Waals surface area (Å²) in [6.07, 6.45) is 1.53. The molecule has 0 saturated carbocycles. The number of phenols is 1. The number of aromatic amines is 1. The second-order valence-electron chi connectivity index (χ2n) is 5.95. The summed E-state index contributed by atoms with van der Waals surface area (Å²) in [5.74, 6) is 0.580. The number of nitrogens with one attached hydrogen (secondary N) is 1. The van der Waals surface area contributed by atoms with Gasteiger partial charge in [-0.05, 0) is 56.4 Å². The molecule has 0 radical (unpaired) electrons. The van der Waals surface area contributed by atoms with Gasteiger partial charge >= 0.3 is 0 Å². The van der Waals surface area contributed by atoms with Crippen LogP contribution in [0.25, 0.3) is 11.4 Å². The molecule has 0 aliphatic rings. The van der Waals surface area contributed by atoms with E-state index in [2.05, 4.69) is 34.0 Å². The number of H-pyrrole nitrogens is 1. The van der Waals surface area contributed by atoms with Gasteiger partial charge in [0.25, 0.3) is 0 Å². The molecule has 2 aromatic carbocycles. The largest absolute Gasteiger partial charge is 0.507 e. The molecule has 0 aliphatic heterocycles. The lowest BCUT2D eigenvalue weighted by Gasteiger charge is -2.21. The third-order valence-electron chi connectivity index (χ3n) is 4.28. The minimum absolute atomic E-state index is 0.134. The van der Waals surface area contributed by atoms with Crippen LogP contribution in [-0.4, -0.2) is 39.3 Å². The molecule has 3 rings (SSSR count). The maximum atomic E-state index is 10.4. The number of anilines is 1. The van der Waals surface area contributed by atoms with Crippen molar-refractivity contribution in [2.45, 2.75) is 13.8 Å². The lowest BCUT2D eigenvalue weighted by molar-refractivity contribution is 0.474. The summed E-state index contributed by atoms with van der Waals surface area (Å²) in [5, 5.41) is 22.6. The van der Waals surface area contributed by atoms with Gasteiger partial charge in [0, 0.05) is 41.0 Å². The number of halogens is 2. The average molecular weight is 436 g/mol. The summed E-state index contributed by atoms with van der Waals surface area (Å²) in [6.45, 7) is 5.86. The summed E-state index contributed by atoms with van der Waals surface area (Å²) in [4.78, 5) is 2.15. The van der Waals surface area contributed by atoms with E-state index in [1.54, 1.807) is 24.3 Å². The SMILES string of the molecule is CCN(CC)c1ccc(C=Nn2c(-c3ccc(Cl)cc3Cl)n[nH]c2=S)c(O)c1. The third kappa shape index (κ3) is 4.22. The van der Waals surface area contributed by atoms with Crippen LogP contribution in [0.2, 0.25) is 10.0 Å². The number of aromatic hydroxyl groups is 1. The van der Waals surface area contributed by atoms with E-state index in [9.17, 15) is 5.11 Å². The van der Waals surface area contributed by atoms with Crippen molar-refractivity contribution in [3.63, 3.8) is 0 Å². The van der Waals surface area contributed by atoms with Crippen molar-refractivity contribution in [2.75, 3.05) is 18.0 Å². The van der Waals surface area contributed by atoms with Crippen LogP contribution in [0.5, 0.6) is 5.75 Å². The topological polar surface area (TPSA) is 69.4 Å². The van der Waals surface area contributed by atoms with Gasteiger partial charge in [0.2, 0.25) is 4.77 Å². The number of hydrogen-bond acceptors (Lipinski definition) is 5. The molecule has 1 heterocycles. The van der Waals surface area contributed by atoms with E-state index in [0.29, 0.717) is 31.8 Å². The molecule has 0 aliphatic carbocycles. The highest BCUT2D eigenvalue weighted by Gasteiger charge is 2.13. The highest BCUT2D eigenvalue weighted by molar-refractivity contribution is 7.71. The van der Waals surface area contributed by atoms with Crippen LogP contribution in [0.15, 0.2) is 41.5 Å². The van der Waals surface area contributed by atoms with Gasteiger partial charge in [-0.15, -0.1) is 0 Å². The average Bonchev–Trinajstić information content (AvgIpc) is 3.02. The summed E-state index contributed by atoms with van der Waals surface area (Å²) in [6, 6.07) is 10.6. The highest BCUT2D eigenvalue weighted by Crippen LogP contribution is 2.29.